The SMILES string of the molecule is CCC(C)C(NC(=O)C(N)CS)C(=O)NC(CS)C(=O)NC(C)C(=O)O. The van der Waals surface area contributed by atoms with Crippen molar-refractivity contribution in [1.29, 1.82) is 0 Å². The smallest absolute Gasteiger partial charge is 0.325 e. The first-order valence-electron chi connectivity index (χ1n) is 8.20. The number of carboxylic acid groups (broad SMARTS) is 1. The number of aliphatic carboxylic acids is 1. The van der Waals surface area contributed by atoms with E-state index in [1.807, 2.05) is 6.92 Å². The van der Waals surface area contributed by atoms with E-state index in [2.05, 4.69) is 41.2 Å². The van der Waals surface area contributed by atoms with Crippen LogP contribution in [0.25, 0.3) is 0 Å². The van der Waals surface area contributed by atoms with Gasteiger partial charge in [0, 0.05) is 11.5 Å². The van der Waals surface area contributed by atoms with Crippen LogP contribution in [0, 0.1) is 5.92 Å². The van der Waals surface area contributed by atoms with Gasteiger partial charge < -0.3 is 26.8 Å². The minimum Gasteiger partial charge on any atom is -0.480 e. The van der Waals surface area contributed by atoms with Crippen molar-refractivity contribution in [3.8, 4) is 0 Å². The largest absolute Gasteiger partial charge is 0.480 e. The topological polar surface area (TPSA) is 151 Å². The van der Waals surface area contributed by atoms with Gasteiger partial charge in [-0.05, 0) is 12.8 Å². The second kappa shape index (κ2) is 12.0. The van der Waals surface area contributed by atoms with Gasteiger partial charge in [0.25, 0.3) is 0 Å². The highest BCUT2D eigenvalue weighted by atomic mass is 32.1. The molecule has 0 aliphatic rings. The summed E-state index contributed by atoms with van der Waals surface area (Å²) in [6.45, 7) is 4.94. The minimum absolute atomic E-state index is 0.0404. The van der Waals surface area contributed by atoms with Gasteiger partial charge in [0.15, 0.2) is 0 Å². The molecule has 3 amide bonds. The second-order valence-electron chi connectivity index (χ2n) is 5.97. The van der Waals surface area contributed by atoms with Gasteiger partial charge in [0.1, 0.15) is 18.1 Å². The van der Waals surface area contributed by atoms with Crippen molar-refractivity contribution in [3.05, 3.63) is 0 Å². The first-order valence-corrected chi connectivity index (χ1v) is 9.46. The maximum Gasteiger partial charge on any atom is 0.325 e. The highest BCUT2D eigenvalue weighted by Gasteiger charge is 2.31. The fourth-order valence-electron chi connectivity index (χ4n) is 1.88. The summed E-state index contributed by atoms with van der Waals surface area (Å²) in [6, 6.07) is -3.92. The number of carbonyl (C=O) groups excluding carboxylic acids is 3. The predicted molar refractivity (Wildman–Crippen MR) is 104 cm³/mol. The number of amides is 3. The Labute approximate surface area is 164 Å². The van der Waals surface area contributed by atoms with Crippen molar-refractivity contribution in [2.24, 2.45) is 11.7 Å². The molecule has 0 aliphatic carbocycles. The van der Waals surface area contributed by atoms with Crippen LogP contribution in [0.15, 0.2) is 0 Å². The van der Waals surface area contributed by atoms with Gasteiger partial charge in [-0.3, -0.25) is 19.2 Å². The molecule has 0 radical (unpaired) electrons. The standard InChI is InChI=1S/C15H28N4O5S2/c1-4-7(2)11(19-12(20)9(16)5-25)14(22)18-10(6-26)13(21)17-8(3)15(23)24/h7-11,25-26H,4-6,16H2,1-3H3,(H,17,21)(H,18,22)(H,19,20)(H,23,24). The van der Waals surface area contributed by atoms with Crippen LogP contribution in [0.2, 0.25) is 0 Å². The van der Waals surface area contributed by atoms with E-state index in [-0.39, 0.29) is 17.4 Å². The Morgan fingerprint density at radius 3 is 1.96 bits per heavy atom. The molecule has 0 fully saturated rings. The van der Waals surface area contributed by atoms with E-state index >= 15 is 0 Å². The Morgan fingerprint density at radius 1 is 0.962 bits per heavy atom. The van der Waals surface area contributed by atoms with E-state index in [1.54, 1.807) is 6.92 Å². The molecule has 0 aliphatic heterocycles. The van der Waals surface area contributed by atoms with Crippen molar-refractivity contribution in [2.45, 2.75) is 51.4 Å². The molecule has 0 aromatic heterocycles. The summed E-state index contributed by atoms with van der Waals surface area (Å²) in [5.41, 5.74) is 5.61. The van der Waals surface area contributed by atoms with E-state index in [0.29, 0.717) is 6.42 Å². The zero-order valence-corrected chi connectivity index (χ0v) is 16.8. The lowest BCUT2D eigenvalue weighted by atomic mass is 9.97. The van der Waals surface area contributed by atoms with Gasteiger partial charge in [-0.1, -0.05) is 20.3 Å². The number of nitrogens with two attached hydrogens (primary N) is 1. The quantitative estimate of drug-likeness (QED) is 0.213. The van der Waals surface area contributed by atoms with Crippen LogP contribution in [0.1, 0.15) is 27.2 Å². The molecule has 26 heavy (non-hydrogen) atoms. The number of carboxylic acids is 1. The molecule has 0 spiro atoms. The molecule has 5 atom stereocenters. The van der Waals surface area contributed by atoms with E-state index in [9.17, 15) is 19.2 Å². The lowest BCUT2D eigenvalue weighted by Gasteiger charge is -2.27. The lowest BCUT2D eigenvalue weighted by molar-refractivity contribution is -0.141. The van der Waals surface area contributed by atoms with E-state index in [0.717, 1.165) is 0 Å². The number of carbonyl (C=O) groups is 4. The molecule has 6 N–H and O–H groups in total. The summed E-state index contributed by atoms with van der Waals surface area (Å²) in [7, 11) is 0. The third-order valence-electron chi connectivity index (χ3n) is 3.87. The van der Waals surface area contributed by atoms with Crippen molar-refractivity contribution in [2.75, 3.05) is 11.5 Å². The van der Waals surface area contributed by atoms with E-state index < -0.39 is 47.9 Å². The summed E-state index contributed by atoms with van der Waals surface area (Å²) in [4.78, 5) is 47.5. The molecule has 11 heteroatoms. The van der Waals surface area contributed by atoms with Crippen LogP contribution in [0.3, 0.4) is 0 Å². The number of hydrogen-bond donors (Lipinski definition) is 7. The summed E-state index contributed by atoms with van der Waals surface area (Å²) in [5.74, 6) is -3.11. The average Bonchev–Trinajstić information content (AvgIpc) is 2.61. The van der Waals surface area contributed by atoms with Crippen LogP contribution in [-0.2, 0) is 19.2 Å². The van der Waals surface area contributed by atoms with Crippen molar-refractivity contribution in [1.82, 2.24) is 16.0 Å². The van der Waals surface area contributed by atoms with Crippen LogP contribution < -0.4 is 21.7 Å². The zero-order chi connectivity index (χ0) is 20.4. The molecular weight excluding hydrogens is 380 g/mol. The Kier molecular flexibility index (Phi) is 11.3. The van der Waals surface area contributed by atoms with Crippen LogP contribution in [0.5, 0.6) is 0 Å². The van der Waals surface area contributed by atoms with Crippen LogP contribution in [0.4, 0.5) is 0 Å². The number of nitrogens with one attached hydrogen (secondary N) is 3. The third-order valence-corrected chi connectivity index (χ3v) is 4.63. The van der Waals surface area contributed by atoms with Gasteiger partial charge in [-0.25, -0.2) is 0 Å². The van der Waals surface area contributed by atoms with Crippen LogP contribution >= 0.6 is 25.3 Å². The Hall–Kier alpha value is -1.46. The predicted octanol–water partition coefficient (Wildman–Crippen LogP) is -1.22. The fourth-order valence-corrected chi connectivity index (χ4v) is 2.30. The molecule has 0 aromatic carbocycles. The molecule has 0 saturated carbocycles. The molecule has 0 heterocycles. The minimum atomic E-state index is -1.20. The highest BCUT2D eigenvalue weighted by Crippen LogP contribution is 2.09. The highest BCUT2D eigenvalue weighted by molar-refractivity contribution is 7.80. The number of thiol groups is 2. The molecule has 0 rings (SSSR count). The molecule has 0 saturated heterocycles. The third kappa shape index (κ3) is 7.83. The number of rotatable bonds is 11. The van der Waals surface area contributed by atoms with Crippen molar-refractivity contribution >= 4 is 48.9 Å². The first-order chi connectivity index (χ1) is 12.1. The second-order valence-corrected chi connectivity index (χ2v) is 6.70. The van der Waals surface area contributed by atoms with Crippen molar-refractivity contribution in [3.63, 3.8) is 0 Å². The summed E-state index contributed by atoms with van der Waals surface area (Å²) in [6.07, 6.45) is 0.599. The van der Waals surface area contributed by atoms with E-state index in [1.165, 1.54) is 6.92 Å². The van der Waals surface area contributed by atoms with Crippen molar-refractivity contribution < 1.29 is 24.3 Å². The maximum absolute atomic E-state index is 12.6. The molecule has 0 aromatic rings. The van der Waals surface area contributed by atoms with Crippen LogP contribution in [-0.4, -0.2) is 64.5 Å². The van der Waals surface area contributed by atoms with E-state index in [4.69, 9.17) is 10.8 Å². The molecule has 150 valence electrons. The summed E-state index contributed by atoms with van der Waals surface area (Å²) < 4.78 is 0. The maximum atomic E-state index is 12.6. The Bertz CT molecular complexity index is 520. The summed E-state index contributed by atoms with van der Waals surface area (Å²) in [5, 5.41) is 16.2. The normalized spacial score (nSPS) is 16.5. The fraction of sp³-hybridized carbons (Fsp3) is 0.733. The number of hydrogen-bond acceptors (Lipinski definition) is 7. The first kappa shape index (κ1) is 24.5. The Morgan fingerprint density at radius 2 is 1.54 bits per heavy atom. The molecule has 5 unspecified atom stereocenters. The molecule has 0 bridgehead atoms. The lowest BCUT2D eigenvalue weighted by Crippen LogP contribution is -2.59. The molecule has 9 nitrogen and oxygen atoms in total. The van der Waals surface area contributed by atoms with Gasteiger partial charge >= 0.3 is 5.97 Å². The monoisotopic (exact) mass is 408 g/mol. The van der Waals surface area contributed by atoms with Gasteiger partial charge in [0.2, 0.25) is 17.7 Å². The van der Waals surface area contributed by atoms with Gasteiger partial charge in [-0.15, -0.1) is 0 Å². The summed E-state index contributed by atoms with van der Waals surface area (Å²) >= 11 is 7.98. The van der Waals surface area contributed by atoms with Gasteiger partial charge in [-0.2, -0.15) is 25.3 Å². The van der Waals surface area contributed by atoms with Gasteiger partial charge in [0.05, 0.1) is 6.04 Å². The average molecular weight is 409 g/mol. The zero-order valence-electron chi connectivity index (χ0n) is 15.1. The molecular formula is C15H28N4O5S2. The Balaban J connectivity index is 5.11.